The molecule has 2 atom stereocenters. The van der Waals surface area contributed by atoms with Gasteiger partial charge in [0.05, 0.1) is 11.6 Å². The maximum atomic E-state index is 6.53. The van der Waals surface area contributed by atoms with E-state index in [2.05, 4.69) is 84.9 Å². The number of aromatic nitrogens is 1. The SMILES string of the molecule is c1ccc(C(c2ccccc2)c2cccc(C3=N[C@@H](c4ccccc4)[C@H](c4ccccc4)O3)n2)cc1. The first-order valence-corrected chi connectivity index (χ1v) is 12.3. The van der Waals surface area contributed by atoms with Crippen molar-refractivity contribution in [2.24, 2.45) is 4.99 Å². The Morgan fingerprint density at radius 3 is 1.64 bits per heavy atom. The van der Waals surface area contributed by atoms with Crippen LogP contribution in [0.1, 0.15) is 51.7 Å². The second kappa shape index (κ2) is 10.0. The normalized spacial score (nSPS) is 17.0. The van der Waals surface area contributed by atoms with Crippen LogP contribution in [-0.4, -0.2) is 10.9 Å². The maximum absolute atomic E-state index is 6.53. The molecule has 2 heterocycles. The molecular formula is C33H26N2O. The molecule has 0 unspecified atom stereocenters. The minimum absolute atomic E-state index is 0.0178. The summed E-state index contributed by atoms with van der Waals surface area (Å²) in [6.45, 7) is 0. The lowest BCUT2D eigenvalue weighted by Gasteiger charge is -2.19. The van der Waals surface area contributed by atoms with E-state index in [1.54, 1.807) is 0 Å². The van der Waals surface area contributed by atoms with Gasteiger partial charge in [-0.15, -0.1) is 0 Å². The number of hydrogen-bond acceptors (Lipinski definition) is 3. The van der Waals surface area contributed by atoms with Crippen LogP contribution >= 0.6 is 0 Å². The highest BCUT2D eigenvalue weighted by atomic mass is 16.5. The number of ether oxygens (including phenoxy) is 1. The van der Waals surface area contributed by atoms with Crippen LogP contribution in [0.3, 0.4) is 0 Å². The monoisotopic (exact) mass is 466 g/mol. The number of pyridine rings is 1. The highest BCUT2D eigenvalue weighted by Crippen LogP contribution is 2.41. The van der Waals surface area contributed by atoms with E-state index in [1.807, 2.05) is 54.6 Å². The van der Waals surface area contributed by atoms with Crippen LogP contribution in [0.2, 0.25) is 0 Å². The summed E-state index contributed by atoms with van der Waals surface area (Å²) in [7, 11) is 0. The summed E-state index contributed by atoms with van der Waals surface area (Å²) >= 11 is 0. The van der Waals surface area contributed by atoms with Gasteiger partial charge in [0.1, 0.15) is 11.7 Å². The van der Waals surface area contributed by atoms with E-state index in [0.29, 0.717) is 5.90 Å². The Labute approximate surface area is 211 Å². The molecule has 3 heteroatoms. The summed E-state index contributed by atoms with van der Waals surface area (Å²) < 4.78 is 6.53. The van der Waals surface area contributed by atoms with Gasteiger partial charge in [-0.25, -0.2) is 9.98 Å². The smallest absolute Gasteiger partial charge is 0.236 e. The van der Waals surface area contributed by atoms with Crippen LogP contribution in [0.25, 0.3) is 0 Å². The van der Waals surface area contributed by atoms with Gasteiger partial charge in [-0.05, 0) is 34.4 Å². The van der Waals surface area contributed by atoms with Crippen LogP contribution in [0.15, 0.2) is 145 Å². The molecular weight excluding hydrogens is 440 g/mol. The molecule has 174 valence electrons. The molecule has 0 bridgehead atoms. The van der Waals surface area contributed by atoms with Crippen molar-refractivity contribution in [3.05, 3.63) is 173 Å². The molecule has 0 aliphatic carbocycles. The minimum Gasteiger partial charge on any atom is -0.465 e. The van der Waals surface area contributed by atoms with Crippen LogP contribution in [-0.2, 0) is 4.74 Å². The van der Waals surface area contributed by atoms with E-state index in [1.165, 1.54) is 11.1 Å². The predicted octanol–water partition coefficient (Wildman–Crippen LogP) is 7.52. The average Bonchev–Trinajstić information content (AvgIpc) is 3.41. The van der Waals surface area contributed by atoms with Gasteiger partial charge in [0, 0.05) is 0 Å². The fourth-order valence-electron chi connectivity index (χ4n) is 4.88. The van der Waals surface area contributed by atoms with E-state index in [4.69, 9.17) is 14.7 Å². The summed E-state index contributed by atoms with van der Waals surface area (Å²) in [5, 5.41) is 0. The van der Waals surface area contributed by atoms with Crippen molar-refractivity contribution < 1.29 is 4.74 Å². The lowest BCUT2D eigenvalue weighted by molar-refractivity contribution is 0.196. The molecule has 0 amide bonds. The summed E-state index contributed by atoms with van der Waals surface area (Å²) in [6.07, 6.45) is -0.201. The summed E-state index contributed by atoms with van der Waals surface area (Å²) in [6, 6.07) is 47.7. The van der Waals surface area contributed by atoms with Crippen molar-refractivity contribution >= 4 is 5.90 Å². The third-order valence-corrected chi connectivity index (χ3v) is 6.60. The topological polar surface area (TPSA) is 34.5 Å². The standard InChI is InChI=1S/C33H26N2O/c1-5-14-24(15-6-1)30(25-16-7-2-8-17-25)28-22-13-23-29(34-28)33-35-31(26-18-9-3-10-19-26)32(36-33)27-20-11-4-12-21-27/h1-23,30-32H/t31-,32-/m0/s1. The van der Waals surface area contributed by atoms with Crippen molar-refractivity contribution in [3.8, 4) is 0 Å². The Bertz CT molecular complexity index is 1410. The van der Waals surface area contributed by atoms with Gasteiger partial charge in [0.2, 0.25) is 5.90 Å². The predicted molar refractivity (Wildman–Crippen MR) is 144 cm³/mol. The fourth-order valence-corrected chi connectivity index (χ4v) is 4.88. The molecule has 4 aromatic carbocycles. The van der Waals surface area contributed by atoms with Crippen molar-refractivity contribution in [2.75, 3.05) is 0 Å². The number of nitrogens with zero attached hydrogens (tertiary/aromatic N) is 2. The van der Waals surface area contributed by atoms with Crippen LogP contribution in [0, 0.1) is 0 Å². The highest BCUT2D eigenvalue weighted by molar-refractivity contribution is 5.93. The maximum Gasteiger partial charge on any atom is 0.236 e. The second-order valence-corrected chi connectivity index (χ2v) is 8.94. The molecule has 0 N–H and O–H groups in total. The van der Waals surface area contributed by atoms with Crippen LogP contribution < -0.4 is 0 Å². The quantitative estimate of drug-likeness (QED) is 0.259. The van der Waals surface area contributed by atoms with Gasteiger partial charge in [0.15, 0.2) is 6.10 Å². The Kier molecular flexibility index (Phi) is 6.11. The Morgan fingerprint density at radius 2 is 1.06 bits per heavy atom. The Morgan fingerprint density at radius 1 is 0.528 bits per heavy atom. The lowest BCUT2D eigenvalue weighted by atomic mass is 9.88. The van der Waals surface area contributed by atoms with E-state index in [0.717, 1.165) is 22.5 Å². The molecule has 0 saturated carbocycles. The van der Waals surface area contributed by atoms with Crippen molar-refractivity contribution in [1.29, 1.82) is 0 Å². The lowest BCUT2D eigenvalue weighted by Crippen LogP contribution is -2.12. The highest BCUT2D eigenvalue weighted by Gasteiger charge is 2.34. The molecule has 0 fully saturated rings. The van der Waals surface area contributed by atoms with Gasteiger partial charge >= 0.3 is 0 Å². The zero-order valence-electron chi connectivity index (χ0n) is 19.8. The van der Waals surface area contributed by atoms with Gasteiger partial charge in [-0.1, -0.05) is 127 Å². The Hall–Kier alpha value is -4.50. The third kappa shape index (κ3) is 4.44. The summed E-state index contributed by atoms with van der Waals surface area (Å²) in [5.41, 5.74) is 6.36. The number of benzene rings is 4. The zero-order valence-corrected chi connectivity index (χ0v) is 19.8. The summed E-state index contributed by atoms with van der Waals surface area (Å²) in [5.74, 6) is 0.601. The molecule has 0 saturated heterocycles. The molecule has 0 radical (unpaired) electrons. The number of rotatable bonds is 6. The van der Waals surface area contributed by atoms with Crippen molar-refractivity contribution in [3.63, 3.8) is 0 Å². The van der Waals surface area contributed by atoms with E-state index in [-0.39, 0.29) is 18.1 Å². The molecule has 0 spiro atoms. The molecule has 3 nitrogen and oxygen atoms in total. The van der Waals surface area contributed by atoms with Gasteiger partial charge in [-0.3, -0.25) is 0 Å². The van der Waals surface area contributed by atoms with Crippen LogP contribution in [0.4, 0.5) is 0 Å². The van der Waals surface area contributed by atoms with Gasteiger partial charge in [0.25, 0.3) is 0 Å². The number of aliphatic imine (C=N–C) groups is 1. The van der Waals surface area contributed by atoms with Gasteiger partial charge in [-0.2, -0.15) is 0 Å². The second-order valence-electron chi connectivity index (χ2n) is 8.94. The first-order valence-electron chi connectivity index (χ1n) is 12.3. The Balaban J connectivity index is 1.41. The van der Waals surface area contributed by atoms with E-state index in [9.17, 15) is 0 Å². The van der Waals surface area contributed by atoms with E-state index < -0.39 is 0 Å². The zero-order chi connectivity index (χ0) is 24.2. The van der Waals surface area contributed by atoms with Crippen LogP contribution in [0.5, 0.6) is 0 Å². The molecule has 5 aromatic rings. The first-order chi connectivity index (χ1) is 17.9. The first kappa shape index (κ1) is 22.0. The molecule has 1 aliphatic rings. The molecule has 6 rings (SSSR count). The third-order valence-electron chi connectivity index (χ3n) is 6.60. The summed E-state index contributed by atoms with van der Waals surface area (Å²) in [4.78, 5) is 10.2. The molecule has 1 aliphatic heterocycles. The van der Waals surface area contributed by atoms with Crippen molar-refractivity contribution in [1.82, 2.24) is 4.98 Å². The molecule has 36 heavy (non-hydrogen) atoms. The fraction of sp³-hybridized carbons (Fsp3) is 0.0909. The largest absolute Gasteiger partial charge is 0.465 e. The minimum atomic E-state index is -0.201. The van der Waals surface area contributed by atoms with Crippen molar-refractivity contribution in [2.45, 2.75) is 18.1 Å². The molecule has 1 aromatic heterocycles. The average molecular weight is 467 g/mol. The van der Waals surface area contributed by atoms with Gasteiger partial charge < -0.3 is 4.74 Å². The number of hydrogen-bond donors (Lipinski definition) is 0. The van der Waals surface area contributed by atoms with E-state index >= 15 is 0 Å².